The number of Topliss-reactive ketones (excluding diaryl/α,β-unsaturated/α-hetero) is 1. The number of amides is 4. The second-order valence-electron chi connectivity index (χ2n) is 11.7. The third kappa shape index (κ3) is 7.75. The van der Waals surface area contributed by atoms with Gasteiger partial charge in [-0.1, -0.05) is 34.6 Å². The van der Waals surface area contributed by atoms with Crippen molar-refractivity contribution in [2.75, 3.05) is 32.8 Å². The highest BCUT2D eigenvalue weighted by atomic mass is 16.5. The van der Waals surface area contributed by atoms with Crippen LogP contribution in [0.5, 0.6) is 0 Å². The molecule has 0 spiro atoms. The molecule has 0 bridgehead atoms. The van der Waals surface area contributed by atoms with Crippen LogP contribution in [0.25, 0.3) is 0 Å². The Morgan fingerprint density at radius 3 is 2.09 bits per heavy atom. The van der Waals surface area contributed by atoms with Gasteiger partial charge in [0.05, 0.1) is 24.5 Å². The minimum atomic E-state index is -0.693. The molecule has 9 heteroatoms. The first-order valence-corrected chi connectivity index (χ1v) is 11.8. The van der Waals surface area contributed by atoms with Crippen molar-refractivity contribution < 1.29 is 28.7 Å². The van der Waals surface area contributed by atoms with E-state index in [1.54, 1.807) is 4.90 Å². The van der Waals surface area contributed by atoms with Crippen molar-refractivity contribution in [2.45, 2.75) is 66.9 Å². The van der Waals surface area contributed by atoms with Crippen LogP contribution >= 0.6 is 0 Å². The molecule has 0 unspecified atom stereocenters. The number of likely N-dealkylation sites (tertiary alicyclic amines) is 1. The lowest BCUT2D eigenvalue weighted by Crippen LogP contribution is -2.56. The standard InChI is InChI=1S/C25H39N3O6/c1-23(2,3)22(33)17-13-27(14-17)21(32)12-25(6,7)34-16-24(4,5)15-26-18(29)10-11-28-19(30)8-9-20(28)31/h8-9,17H,10-16H2,1-7H3,(H,26,29). The first kappa shape index (κ1) is 27.7. The van der Waals surface area contributed by atoms with Crippen LogP contribution in [0.2, 0.25) is 0 Å². The van der Waals surface area contributed by atoms with Crippen molar-refractivity contribution in [3.8, 4) is 0 Å². The fourth-order valence-electron chi connectivity index (χ4n) is 3.72. The third-order valence-electron chi connectivity index (χ3n) is 6.00. The van der Waals surface area contributed by atoms with Gasteiger partial charge in [0.2, 0.25) is 11.8 Å². The number of nitrogens with zero attached hydrogens (tertiary/aromatic N) is 2. The van der Waals surface area contributed by atoms with E-state index in [0.717, 1.165) is 4.90 Å². The molecule has 9 nitrogen and oxygen atoms in total. The van der Waals surface area contributed by atoms with Gasteiger partial charge in [-0.25, -0.2) is 0 Å². The number of rotatable bonds is 11. The Morgan fingerprint density at radius 1 is 1.00 bits per heavy atom. The maximum atomic E-state index is 12.6. The Bertz CT molecular complexity index is 844. The molecular formula is C25H39N3O6. The van der Waals surface area contributed by atoms with Gasteiger partial charge in [-0.15, -0.1) is 0 Å². The third-order valence-corrected chi connectivity index (χ3v) is 6.00. The second kappa shape index (κ2) is 10.4. The van der Waals surface area contributed by atoms with Crippen molar-refractivity contribution in [2.24, 2.45) is 16.7 Å². The summed E-state index contributed by atoms with van der Waals surface area (Å²) in [6.07, 6.45) is 2.63. The average Bonchev–Trinajstić information content (AvgIpc) is 2.99. The van der Waals surface area contributed by atoms with E-state index in [-0.39, 0.29) is 42.9 Å². The number of hydrogen-bond donors (Lipinski definition) is 1. The summed E-state index contributed by atoms with van der Waals surface area (Å²) in [6, 6.07) is 0. The van der Waals surface area contributed by atoms with E-state index in [4.69, 9.17) is 4.74 Å². The molecule has 1 saturated heterocycles. The number of carbonyl (C=O) groups is 5. The summed E-state index contributed by atoms with van der Waals surface area (Å²) in [5.74, 6) is -1.00. The van der Waals surface area contributed by atoms with E-state index in [9.17, 15) is 24.0 Å². The lowest BCUT2D eigenvalue weighted by molar-refractivity contribution is -0.150. The zero-order valence-corrected chi connectivity index (χ0v) is 21.5. The highest BCUT2D eigenvalue weighted by molar-refractivity contribution is 6.13. The van der Waals surface area contributed by atoms with Gasteiger partial charge in [-0.3, -0.25) is 28.9 Å². The van der Waals surface area contributed by atoms with Gasteiger partial charge in [0.25, 0.3) is 11.8 Å². The molecule has 0 saturated carbocycles. The Labute approximate surface area is 202 Å². The fourth-order valence-corrected chi connectivity index (χ4v) is 3.72. The molecule has 0 aromatic heterocycles. The van der Waals surface area contributed by atoms with Crippen molar-refractivity contribution >= 4 is 29.4 Å². The predicted octanol–water partition coefficient (Wildman–Crippen LogP) is 1.70. The maximum absolute atomic E-state index is 12.6. The number of carbonyl (C=O) groups excluding carboxylic acids is 5. The van der Waals surface area contributed by atoms with Crippen LogP contribution in [-0.2, 0) is 28.7 Å². The van der Waals surface area contributed by atoms with Gasteiger partial charge in [-0.05, 0) is 13.8 Å². The highest BCUT2D eigenvalue weighted by Gasteiger charge is 2.41. The smallest absolute Gasteiger partial charge is 0.253 e. The molecule has 0 aromatic rings. The van der Waals surface area contributed by atoms with Crippen LogP contribution in [0, 0.1) is 16.7 Å². The number of ether oxygens (including phenoxy) is 1. The van der Waals surface area contributed by atoms with E-state index >= 15 is 0 Å². The largest absolute Gasteiger partial charge is 0.374 e. The van der Waals surface area contributed by atoms with E-state index < -0.39 is 28.2 Å². The summed E-state index contributed by atoms with van der Waals surface area (Å²) in [6.45, 7) is 14.9. The zero-order valence-electron chi connectivity index (χ0n) is 21.5. The van der Waals surface area contributed by atoms with Gasteiger partial charge in [0, 0.05) is 55.6 Å². The summed E-state index contributed by atoms with van der Waals surface area (Å²) < 4.78 is 6.04. The zero-order chi connectivity index (χ0) is 25.9. The molecule has 2 aliphatic rings. The molecule has 0 aromatic carbocycles. The van der Waals surface area contributed by atoms with E-state index in [1.165, 1.54) is 12.2 Å². The van der Waals surface area contributed by atoms with E-state index in [0.29, 0.717) is 26.2 Å². The van der Waals surface area contributed by atoms with Crippen LogP contribution in [0.3, 0.4) is 0 Å². The summed E-state index contributed by atoms with van der Waals surface area (Å²) in [7, 11) is 0. The van der Waals surface area contributed by atoms with Gasteiger partial charge in [-0.2, -0.15) is 0 Å². The van der Waals surface area contributed by atoms with E-state index in [1.807, 2.05) is 48.5 Å². The van der Waals surface area contributed by atoms with Crippen LogP contribution in [0.15, 0.2) is 12.2 Å². The SMILES string of the molecule is CC(C)(CNC(=O)CCN1C(=O)C=CC1=O)COC(C)(C)CC(=O)N1CC(C(=O)C(C)(C)C)C1. The van der Waals surface area contributed by atoms with Crippen LogP contribution < -0.4 is 5.32 Å². The molecule has 0 radical (unpaired) electrons. The Morgan fingerprint density at radius 2 is 1.56 bits per heavy atom. The lowest BCUT2D eigenvalue weighted by Gasteiger charge is -2.42. The molecule has 1 N–H and O–H groups in total. The first-order chi connectivity index (χ1) is 15.5. The van der Waals surface area contributed by atoms with Gasteiger partial charge in [0.1, 0.15) is 5.78 Å². The summed E-state index contributed by atoms with van der Waals surface area (Å²) in [5, 5.41) is 2.82. The minimum Gasteiger partial charge on any atom is -0.374 e. The normalized spacial score (nSPS) is 17.3. The number of ketones is 1. The molecule has 2 heterocycles. The van der Waals surface area contributed by atoms with Crippen LogP contribution in [0.4, 0.5) is 0 Å². The minimum absolute atomic E-state index is 0.0324. The molecule has 190 valence electrons. The lowest BCUT2D eigenvalue weighted by atomic mass is 9.79. The van der Waals surface area contributed by atoms with Crippen molar-refractivity contribution in [1.82, 2.24) is 15.1 Å². The highest BCUT2D eigenvalue weighted by Crippen LogP contribution is 2.29. The molecule has 1 fully saturated rings. The monoisotopic (exact) mass is 477 g/mol. The molecule has 4 amide bonds. The van der Waals surface area contributed by atoms with Crippen molar-refractivity contribution in [3.63, 3.8) is 0 Å². The summed E-state index contributed by atoms with van der Waals surface area (Å²) >= 11 is 0. The Kier molecular flexibility index (Phi) is 8.45. The first-order valence-electron chi connectivity index (χ1n) is 11.8. The van der Waals surface area contributed by atoms with Crippen molar-refractivity contribution in [3.05, 3.63) is 12.2 Å². The van der Waals surface area contributed by atoms with Crippen LogP contribution in [0.1, 0.15) is 61.3 Å². The van der Waals surface area contributed by atoms with E-state index in [2.05, 4.69) is 5.32 Å². The predicted molar refractivity (Wildman–Crippen MR) is 126 cm³/mol. The summed E-state index contributed by atoms with van der Waals surface area (Å²) in [4.78, 5) is 63.0. The molecule has 2 aliphatic heterocycles. The second-order valence-corrected chi connectivity index (χ2v) is 11.7. The quantitative estimate of drug-likeness (QED) is 0.453. The number of imide groups is 1. The molecule has 34 heavy (non-hydrogen) atoms. The van der Waals surface area contributed by atoms with Gasteiger partial charge >= 0.3 is 0 Å². The number of nitrogens with one attached hydrogen (secondary N) is 1. The average molecular weight is 478 g/mol. The van der Waals surface area contributed by atoms with Gasteiger partial charge in [0.15, 0.2) is 0 Å². The molecule has 2 rings (SSSR count). The fraction of sp³-hybridized carbons (Fsp3) is 0.720. The molecule has 0 atom stereocenters. The van der Waals surface area contributed by atoms with Crippen LogP contribution in [-0.4, -0.2) is 77.6 Å². The number of hydrogen-bond acceptors (Lipinski definition) is 6. The Hall–Kier alpha value is -2.55. The topological polar surface area (TPSA) is 113 Å². The summed E-state index contributed by atoms with van der Waals surface area (Å²) in [5.41, 5.74) is -1.48. The molecule has 0 aliphatic carbocycles. The van der Waals surface area contributed by atoms with Gasteiger partial charge < -0.3 is 15.0 Å². The molecular weight excluding hydrogens is 438 g/mol. The Balaban J connectivity index is 1.70. The van der Waals surface area contributed by atoms with Crippen molar-refractivity contribution in [1.29, 1.82) is 0 Å². The maximum Gasteiger partial charge on any atom is 0.253 e.